The van der Waals surface area contributed by atoms with E-state index in [1.54, 1.807) is 0 Å². The van der Waals surface area contributed by atoms with Crippen LogP contribution in [0.25, 0.3) is 0 Å². The number of nitro groups is 1. The molecule has 0 N–H and O–H groups in total. The maximum atomic E-state index is 12.0. The Morgan fingerprint density at radius 1 is 1.32 bits per heavy atom. The molecule has 0 bridgehead atoms. The summed E-state index contributed by atoms with van der Waals surface area (Å²) in [5.41, 5.74) is -1.04. The molecular weight excluding hydrogens is 310 g/mol. The van der Waals surface area contributed by atoms with Crippen LogP contribution in [0.3, 0.4) is 0 Å². The number of nitrogens with zero attached hydrogens (tertiary/aromatic N) is 1. The fourth-order valence-corrected chi connectivity index (χ4v) is 1.97. The lowest BCUT2D eigenvalue weighted by atomic mass is 10.1. The zero-order valence-corrected chi connectivity index (χ0v) is 10.6. The molecule has 0 radical (unpaired) electrons. The van der Waals surface area contributed by atoms with Crippen molar-refractivity contribution in [3.05, 3.63) is 37.9 Å². The van der Waals surface area contributed by atoms with Crippen molar-refractivity contribution in [2.45, 2.75) is 19.0 Å². The topological polar surface area (TPSA) is 60.2 Å². The summed E-state index contributed by atoms with van der Waals surface area (Å²) in [4.78, 5) is 21.4. The van der Waals surface area contributed by atoms with E-state index in [0.29, 0.717) is 0 Å². The fourth-order valence-electron chi connectivity index (χ4n) is 1.32. The molecule has 0 amide bonds. The van der Waals surface area contributed by atoms with Gasteiger partial charge in [-0.25, -0.2) is 0 Å². The molecule has 4 nitrogen and oxygen atoms in total. The Morgan fingerprint density at radius 2 is 1.89 bits per heavy atom. The molecule has 0 saturated heterocycles. The van der Waals surface area contributed by atoms with Crippen molar-refractivity contribution in [3.8, 4) is 0 Å². The van der Waals surface area contributed by atoms with E-state index in [9.17, 15) is 28.1 Å². The molecule has 1 rings (SSSR count). The summed E-state index contributed by atoms with van der Waals surface area (Å²) in [6.45, 7) is 0. The highest BCUT2D eigenvalue weighted by Crippen LogP contribution is 2.34. The third kappa shape index (κ3) is 4.07. The lowest BCUT2D eigenvalue weighted by molar-refractivity contribution is -0.384. The molecule has 0 spiro atoms. The number of halogens is 5. The van der Waals surface area contributed by atoms with Crippen LogP contribution < -0.4 is 0 Å². The van der Waals surface area contributed by atoms with E-state index in [-0.39, 0.29) is 5.02 Å². The lowest BCUT2D eigenvalue weighted by Gasteiger charge is -2.08. The summed E-state index contributed by atoms with van der Waals surface area (Å²) in [6, 6.07) is 2.03. The zero-order valence-electron chi connectivity index (χ0n) is 9.13. The molecule has 0 aliphatic heterocycles. The van der Waals surface area contributed by atoms with E-state index < -0.39 is 46.0 Å². The predicted molar refractivity (Wildman–Crippen MR) is 62.7 cm³/mol. The van der Waals surface area contributed by atoms with Crippen LogP contribution in [0, 0.1) is 10.1 Å². The minimum Gasteiger partial charge on any atom is -0.294 e. The van der Waals surface area contributed by atoms with E-state index in [2.05, 4.69) is 0 Å². The number of rotatable bonds is 4. The quantitative estimate of drug-likeness (QED) is 0.469. The van der Waals surface area contributed by atoms with Crippen LogP contribution in [-0.2, 0) is 0 Å². The Balaban J connectivity index is 3.09. The van der Waals surface area contributed by atoms with Crippen LogP contribution in [-0.4, -0.2) is 16.9 Å². The highest BCUT2D eigenvalue weighted by Gasteiger charge is 2.30. The summed E-state index contributed by atoms with van der Waals surface area (Å²) in [6.07, 6.45) is -6.72. The highest BCUT2D eigenvalue weighted by molar-refractivity contribution is 6.41. The van der Waals surface area contributed by atoms with E-state index >= 15 is 0 Å². The lowest BCUT2D eigenvalue weighted by Crippen LogP contribution is -2.12. The van der Waals surface area contributed by atoms with Gasteiger partial charge in [0.1, 0.15) is 5.02 Å². The van der Waals surface area contributed by atoms with E-state index in [0.717, 1.165) is 12.1 Å². The first-order valence-corrected chi connectivity index (χ1v) is 5.61. The van der Waals surface area contributed by atoms with Gasteiger partial charge in [0.25, 0.3) is 5.69 Å². The van der Waals surface area contributed by atoms with Crippen LogP contribution in [0.2, 0.25) is 10.0 Å². The van der Waals surface area contributed by atoms with Crippen LogP contribution in [0.15, 0.2) is 12.1 Å². The molecule has 0 saturated carbocycles. The highest BCUT2D eigenvalue weighted by atomic mass is 35.5. The Kier molecular flexibility index (Phi) is 4.75. The first kappa shape index (κ1) is 15.7. The third-order valence-electron chi connectivity index (χ3n) is 2.18. The number of hydrogen-bond donors (Lipinski definition) is 0. The Labute approximate surface area is 115 Å². The SMILES string of the molecule is O=C(CCC(F)(F)F)c1c(Cl)ccc([N+](=O)[O-])c1Cl. The molecule has 1 aromatic rings. The second-order valence-electron chi connectivity index (χ2n) is 3.55. The first-order chi connectivity index (χ1) is 8.63. The van der Waals surface area contributed by atoms with Gasteiger partial charge in [-0.05, 0) is 6.07 Å². The molecule has 0 heterocycles. The van der Waals surface area contributed by atoms with Crippen molar-refractivity contribution in [1.29, 1.82) is 0 Å². The second-order valence-corrected chi connectivity index (χ2v) is 4.34. The number of nitro benzene ring substituents is 1. The average molecular weight is 316 g/mol. The number of benzene rings is 1. The second kappa shape index (κ2) is 5.75. The molecule has 1 aromatic carbocycles. The van der Waals surface area contributed by atoms with Gasteiger partial charge in [-0.2, -0.15) is 13.2 Å². The summed E-state index contributed by atoms with van der Waals surface area (Å²) < 4.78 is 36.0. The monoisotopic (exact) mass is 315 g/mol. The minimum atomic E-state index is -4.50. The molecule has 0 aromatic heterocycles. The van der Waals surface area contributed by atoms with Crippen LogP contribution in [0.5, 0.6) is 0 Å². The predicted octanol–water partition coefficient (Wildman–Crippen LogP) is 4.43. The fraction of sp³-hybridized carbons (Fsp3) is 0.300. The van der Waals surface area contributed by atoms with Crippen LogP contribution in [0.4, 0.5) is 18.9 Å². The minimum absolute atomic E-state index is 0.220. The van der Waals surface area contributed by atoms with Gasteiger partial charge < -0.3 is 0 Å². The van der Waals surface area contributed by atoms with Crippen molar-refractivity contribution in [3.63, 3.8) is 0 Å². The van der Waals surface area contributed by atoms with Gasteiger partial charge in [-0.3, -0.25) is 14.9 Å². The molecule has 0 fully saturated rings. The van der Waals surface area contributed by atoms with Crippen LogP contribution in [0.1, 0.15) is 23.2 Å². The summed E-state index contributed by atoms with van der Waals surface area (Å²) >= 11 is 11.3. The summed E-state index contributed by atoms with van der Waals surface area (Å²) in [5, 5.41) is 9.84. The normalized spacial score (nSPS) is 11.4. The van der Waals surface area contributed by atoms with Crippen molar-refractivity contribution >= 4 is 34.7 Å². The number of carbonyl (C=O) groups excluding carboxylic acids is 1. The maximum absolute atomic E-state index is 12.0. The standard InChI is InChI=1S/C10H6Cl2F3NO3/c11-5-1-2-6(16(18)19)9(12)8(5)7(17)3-4-10(13,14)15/h1-2H,3-4H2. The Morgan fingerprint density at radius 3 is 2.37 bits per heavy atom. The Hall–Kier alpha value is -1.34. The summed E-state index contributed by atoms with van der Waals surface area (Å²) in [7, 11) is 0. The van der Waals surface area contributed by atoms with Gasteiger partial charge >= 0.3 is 6.18 Å². The zero-order chi connectivity index (χ0) is 14.8. The van der Waals surface area contributed by atoms with Crippen molar-refractivity contribution in [1.82, 2.24) is 0 Å². The van der Waals surface area contributed by atoms with E-state index in [1.165, 1.54) is 0 Å². The molecule has 0 atom stereocenters. The van der Waals surface area contributed by atoms with Crippen molar-refractivity contribution in [2.75, 3.05) is 0 Å². The molecule has 0 unspecified atom stereocenters. The first-order valence-electron chi connectivity index (χ1n) is 4.86. The Bertz CT molecular complexity index is 531. The number of ketones is 1. The van der Waals surface area contributed by atoms with Gasteiger partial charge in [0.2, 0.25) is 0 Å². The average Bonchev–Trinajstić information content (AvgIpc) is 2.24. The smallest absolute Gasteiger partial charge is 0.294 e. The largest absolute Gasteiger partial charge is 0.389 e. The van der Waals surface area contributed by atoms with Crippen LogP contribution >= 0.6 is 23.2 Å². The van der Waals surface area contributed by atoms with Gasteiger partial charge in [0, 0.05) is 12.5 Å². The molecule has 9 heteroatoms. The number of alkyl halides is 3. The number of hydrogen-bond acceptors (Lipinski definition) is 3. The third-order valence-corrected chi connectivity index (χ3v) is 2.88. The summed E-state index contributed by atoms with van der Waals surface area (Å²) in [5.74, 6) is -0.990. The molecule has 0 aliphatic rings. The molecule has 19 heavy (non-hydrogen) atoms. The van der Waals surface area contributed by atoms with Gasteiger partial charge in [0.15, 0.2) is 5.78 Å². The van der Waals surface area contributed by atoms with Crippen molar-refractivity contribution < 1.29 is 22.9 Å². The number of Topliss-reactive ketones (excluding diaryl/α,β-unsaturated/α-hetero) is 1. The van der Waals surface area contributed by atoms with E-state index in [1.807, 2.05) is 0 Å². The molecule has 104 valence electrons. The van der Waals surface area contributed by atoms with Crippen molar-refractivity contribution in [2.24, 2.45) is 0 Å². The maximum Gasteiger partial charge on any atom is 0.389 e. The van der Waals surface area contributed by atoms with Gasteiger partial charge in [-0.1, -0.05) is 23.2 Å². The van der Waals surface area contributed by atoms with Gasteiger partial charge in [0.05, 0.1) is 21.9 Å². The molecule has 0 aliphatic carbocycles. The van der Waals surface area contributed by atoms with Gasteiger partial charge in [-0.15, -0.1) is 0 Å². The van der Waals surface area contributed by atoms with E-state index in [4.69, 9.17) is 23.2 Å². The molecular formula is C10H6Cl2F3NO3. The number of carbonyl (C=O) groups is 1.